The summed E-state index contributed by atoms with van der Waals surface area (Å²) in [5.74, 6) is 1.34. The minimum absolute atomic E-state index is 0. The third kappa shape index (κ3) is 11.7. The van der Waals surface area contributed by atoms with Crippen LogP contribution in [0.25, 0.3) is 0 Å². The van der Waals surface area contributed by atoms with Gasteiger partial charge in [0.25, 0.3) is 0 Å². The molecule has 0 rings (SSSR count). The molecule has 0 aliphatic rings. The molecule has 1 nitrogen and oxygen atoms in total. The molecule has 0 aliphatic heterocycles. The van der Waals surface area contributed by atoms with E-state index in [2.05, 4.69) is 27.7 Å². The number of rotatable bonds is 4. The molecule has 0 saturated carbocycles. The number of hydrogen-bond acceptors (Lipinski definition) is 1. The van der Waals surface area contributed by atoms with Gasteiger partial charge in [-0.15, -0.1) is 0 Å². The molecule has 1 radical (unpaired) electrons. The average molecular weight is 153 g/mol. The zero-order chi connectivity index (χ0) is 7.28. The Kier molecular flexibility index (Phi) is 10.9. The van der Waals surface area contributed by atoms with Crippen LogP contribution in [0.5, 0.6) is 0 Å². The van der Waals surface area contributed by atoms with Crippen LogP contribution < -0.4 is 0 Å². The molecule has 0 fully saturated rings. The summed E-state index contributed by atoms with van der Waals surface area (Å²) in [6.07, 6.45) is 0. The SMILES string of the molecule is CC(C)COCC(C)C.[Na]. The van der Waals surface area contributed by atoms with Gasteiger partial charge in [0.05, 0.1) is 0 Å². The van der Waals surface area contributed by atoms with Crippen LogP contribution in [0.3, 0.4) is 0 Å². The maximum Gasteiger partial charge on any atom is 0.0489 e. The van der Waals surface area contributed by atoms with E-state index in [1.165, 1.54) is 0 Å². The molecular weight excluding hydrogens is 135 g/mol. The Labute approximate surface area is 86.8 Å². The van der Waals surface area contributed by atoms with E-state index in [1.54, 1.807) is 0 Å². The predicted molar refractivity (Wildman–Crippen MR) is 46.2 cm³/mol. The molecule has 0 unspecified atom stereocenters. The zero-order valence-electron chi connectivity index (χ0n) is 7.98. The van der Waals surface area contributed by atoms with Crippen LogP contribution in [0.1, 0.15) is 27.7 Å². The first-order valence-electron chi connectivity index (χ1n) is 3.70. The van der Waals surface area contributed by atoms with Crippen molar-refractivity contribution in [2.24, 2.45) is 11.8 Å². The fraction of sp³-hybridized carbons (Fsp3) is 1.00. The summed E-state index contributed by atoms with van der Waals surface area (Å²) >= 11 is 0. The summed E-state index contributed by atoms with van der Waals surface area (Å²) in [5.41, 5.74) is 0. The van der Waals surface area contributed by atoms with Crippen LogP contribution in [-0.4, -0.2) is 42.8 Å². The summed E-state index contributed by atoms with van der Waals surface area (Å²) < 4.78 is 5.36. The van der Waals surface area contributed by atoms with E-state index in [-0.39, 0.29) is 29.6 Å². The van der Waals surface area contributed by atoms with Gasteiger partial charge in [-0.1, -0.05) is 27.7 Å². The average Bonchev–Trinajstić information content (AvgIpc) is 1.63. The molecule has 57 valence electrons. The molecule has 0 atom stereocenters. The van der Waals surface area contributed by atoms with Crippen LogP contribution >= 0.6 is 0 Å². The van der Waals surface area contributed by atoms with Crippen molar-refractivity contribution < 1.29 is 4.74 Å². The molecular formula is C8H18NaO. The third-order valence-corrected chi connectivity index (χ3v) is 0.902. The van der Waals surface area contributed by atoms with Crippen molar-refractivity contribution in [1.29, 1.82) is 0 Å². The van der Waals surface area contributed by atoms with Crippen molar-refractivity contribution in [1.82, 2.24) is 0 Å². The van der Waals surface area contributed by atoms with E-state index >= 15 is 0 Å². The van der Waals surface area contributed by atoms with Crippen molar-refractivity contribution in [3.05, 3.63) is 0 Å². The minimum Gasteiger partial charge on any atom is -0.381 e. The van der Waals surface area contributed by atoms with Gasteiger partial charge in [-0.2, -0.15) is 0 Å². The maximum absolute atomic E-state index is 5.36. The largest absolute Gasteiger partial charge is 0.381 e. The molecule has 0 aromatic rings. The number of ether oxygens (including phenoxy) is 1. The van der Waals surface area contributed by atoms with Gasteiger partial charge in [0.2, 0.25) is 0 Å². The fourth-order valence-corrected chi connectivity index (χ4v) is 0.539. The van der Waals surface area contributed by atoms with Crippen LogP contribution in [0, 0.1) is 11.8 Å². The molecule has 0 aromatic carbocycles. The van der Waals surface area contributed by atoms with Gasteiger partial charge < -0.3 is 4.74 Å². The van der Waals surface area contributed by atoms with E-state index < -0.39 is 0 Å². The monoisotopic (exact) mass is 153 g/mol. The van der Waals surface area contributed by atoms with Gasteiger partial charge in [-0.25, -0.2) is 0 Å². The Balaban J connectivity index is 0. The summed E-state index contributed by atoms with van der Waals surface area (Å²) in [6.45, 7) is 10.5. The van der Waals surface area contributed by atoms with E-state index in [4.69, 9.17) is 4.74 Å². The first kappa shape index (κ1) is 13.5. The smallest absolute Gasteiger partial charge is 0.0489 e. The van der Waals surface area contributed by atoms with Crippen molar-refractivity contribution in [2.75, 3.05) is 13.2 Å². The Hall–Kier alpha value is 0.960. The molecule has 0 saturated heterocycles. The Morgan fingerprint density at radius 3 is 1.40 bits per heavy atom. The van der Waals surface area contributed by atoms with Gasteiger partial charge in [-0.05, 0) is 11.8 Å². The van der Waals surface area contributed by atoms with Crippen molar-refractivity contribution in [2.45, 2.75) is 27.7 Å². The molecule has 10 heavy (non-hydrogen) atoms. The Morgan fingerprint density at radius 2 is 1.20 bits per heavy atom. The molecule has 0 heterocycles. The molecule has 0 bridgehead atoms. The molecule has 0 amide bonds. The third-order valence-electron chi connectivity index (χ3n) is 0.902. The van der Waals surface area contributed by atoms with E-state index in [0.29, 0.717) is 11.8 Å². The van der Waals surface area contributed by atoms with E-state index in [1.807, 2.05) is 0 Å². The topological polar surface area (TPSA) is 9.23 Å². The summed E-state index contributed by atoms with van der Waals surface area (Å²) in [5, 5.41) is 0. The zero-order valence-corrected chi connectivity index (χ0v) is 9.98. The standard InChI is InChI=1S/C8H18O.Na/c1-7(2)5-9-6-8(3)4;/h7-8H,5-6H2,1-4H3;. The van der Waals surface area contributed by atoms with Crippen LogP contribution in [0.15, 0.2) is 0 Å². The first-order chi connectivity index (χ1) is 4.13. The number of hydrogen-bond donors (Lipinski definition) is 0. The molecule has 0 N–H and O–H groups in total. The van der Waals surface area contributed by atoms with Gasteiger partial charge in [-0.3, -0.25) is 0 Å². The molecule has 0 aromatic heterocycles. The molecule has 2 heteroatoms. The second kappa shape index (κ2) is 8.06. The van der Waals surface area contributed by atoms with Gasteiger partial charge in [0.15, 0.2) is 0 Å². The Bertz CT molecular complexity index is 54.3. The quantitative estimate of drug-likeness (QED) is 0.561. The normalized spacial score (nSPS) is 10.2. The van der Waals surface area contributed by atoms with Gasteiger partial charge in [0.1, 0.15) is 0 Å². The molecule has 0 spiro atoms. The van der Waals surface area contributed by atoms with Crippen LogP contribution in [0.4, 0.5) is 0 Å². The van der Waals surface area contributed by atoms with Crippen LogP contribution in [0.2, 0.25) is 0 Å². The van der Waals surface area contributed by atoms with E-state index in [0.717, 1.165) is 13.2 Å². The molecule has 0 aliphatic carbocycles. The van der Waals surface area contributed by atoms with Crippen LogP contribution in [-0.2, 0) is 4.74 Å². The van der Waals surface area contributed by atoms with Gasteiger partial charge in [0, 0.05) is 42.8 Å². The van der Waals surface area contributed by atoms with Crippen molar-refractivity contribution >= 4 is 29.6 Å². The second-order valence-corrected chi connectivity index (χ2v) is 3.33. The maximum atomic E-state index is 5.36. The summed E-state index contributed by atoms with van der Waals surface area (Å²) in [4.78, 5) is 0. The Morgan fingerprint density at radius 1 is 0.900 bits per heavy atom. The summed E-state index contributed by atoms with van der Waals surface area (Å²) in [6, 6.07) is 0. The minimum atomic E-state index is 0. The first-order valence-corrected chi connectivity index (χ1v) is 3.70. The predicted octanol–water partition coefficient (Wildman–Crippen LogP) is 1.93. The van der Waals surface area contributed by atoms with E-state index in [9.17, 15) is 0 Å². The van der Waals surface area contributed by atoms with Crippen molar-refractivity contribution in [3.63, 3.8) is 0 Å². The fourth-order valence-electron chi connectivity index (χ4n) is 0.539. The summed E-state index contributed by atoms with van der Waals surface area (Å²) in [7, 11) is 0. The van der Waals surface area contributed by atoms with Gasteiger partial charge >= 0.3 is 0 Å². The van der Waals surface area contributed by atoms with Crippen molar-refractivity contribution in [3.8, 4) is 0 Å². The second-order valence-electron chi connectivity index (χ2n) is 3.33.